The lowest BCUT2D eigenvalue weighted by Crippen LogP contribution is -2.52. The Kier molecular flexibility index (Phi) is 7.78. The summed E-state index contributed by atoms with van der Waals surface area (Å²) in [5.41, 5.74) is 2.17. The largest absolute Gasteiger partial charge is 0.488 e. The molecule has 0 saturated carbocycles. The topological polar surface area (TPSA) is 83.0 Å². The number of carbonyl (C=O) groups is 1. The number of furan rings is 1. The standard InChI is InChI=1S/C33H39FN4O4/c34-24-9-10-31-26(17-24)23(21-41-31)20-40-30-8-3-6-28-27(30)18-32(36-28)42-33(39)35-25-11-15-37(16-12-25)19-22-5-4-14-38-13-2-1-7-29(22)38/h3,6,8-10,17-18,21-22,25,29,36H,1-2,4-5,7,11-16,19-20H2,(H,35,39)/t22-,29+/m0/s1. The Morgan fingerprint density at radius 3 is 2.79 bits per heavy atom. The number of amides is 1. The molecule has 3 saturated heterocycles. The molecule has 2 aromatic heterocycles. The van der Waals surface area contributed by atoms with Crippen molar-refractivity contribution in [1.82, 2.24) is 20.1 Å². The number of aromatic nitrogens is 1. The van der Waals surface area contributed by atoms with E-state index in [0.717, 1.165) is 54.4 Å². The third-order valence-electron chi connectivity index (χ3n) is 9.43. The first-order chi connectivity index (χ1) is 20.6. The molecule has 0 spiro atoms. The lowest BCUT2D eigenvalue weighted by Gasteiger charge is -2.46. The molecule has 3 aliphatic rings. The number of likely N-dealkylation sites (tertiary alicyclic amines) is 1. The van der Waals surface area contributed by atoms with E-state index >= 15 is 0 Å². The van der Waals surface area contributed by atoms with Gasteiger partial charge in [-0.3, -0.25) is 0 Å². The molecule has 2 atom stereocenters. The molecule has 1 amide bonds. The molecule has 5 heterocycles. The average Bonchev–Trinajstić information content (AvgIpc) is 3.60. The van der Waals surface area contributed by atoms with E-state index in [1.807, 2.05) is 18.2 Å². The van der Waals surface area contributed by atoms with Crippen molar-refractivity contribution in [3.05, 3.63) is 60.1 Å². The van der Waals surface area contributed by atoms with Crippen molar-refractivity contribution in [3.63, 3.8) is 0 Å². The maximum atomic E-state index is 13.7. The smallest absolute Gasteiger partial charge is 0.414 e. The van der Waals surface area contributed by atoms with Crippen molar-refractivity contribution in [2.24, 2.45) is 5.92 Å². The third kappa shape index (κ3) is 5.85. The van der Waals surface area contributed by atoms with Crippen LogP contribution in [0.5, 0.6) is 11.6 Å². The SMILES string of the molecule is O=C(NC1CCN(C[C@@H]2CCCN3CCCC[C@H]23)CC1)Oc1cc2c(OCc3coc4ccc(F)cc34)cccc2[nH]1. The summed E-state index contributed by atoms with van der Waals surface area (Å²) in [6.07, 6.45) is 9.79. The Hall–Kier alpha value is -3.56. The summed E-state index contributed by atoms with van der Waals surface area (Å²) in [6.45, 7) is 6.00. The van der Waals surface area contributed by atoms with Crippen LogP contribution >= 0.6 is 0 Å². The van der Waals surface area contributed by atoms with Gasteiger partial charge in [-0.05, 0) is 87.9 Å². The number of halogens is 1. The maximum absolute atomic E-state index is 13.7. The van der Waals surface area contributed by atoms with E-state index in [0.29, 0.717) is 22.6 Å². The minimum atomic E-state index is -0.445. The molecule has 3 aliphatic heterocycles. The van der Waals surface area contributed by atoms with E-state index in [1.165, 1.54) is 63.9 Å². The van der Waals surface area contributed by atoms with Crippen molar-refractivity contribution in [3.8, 4) is 11.6 Å². The van der Waals surface area contributed by atoms with Gasteiger partial charge < -0.3 is 34.0 Å². The first kappa shape index (κ1) is 27.3. The Bertz CT molecular complexity index is 1540. The molecule has 9 heteroatoms. The van der Waals surface area contributed by atoms with Crippen molar-refractivity contribution < 1.29 is 23.1 Å². The number of nitrogens with zero attached hydrogens (tertiary/aromatic N) is 2. The van der Waals surface area contributed by atoms with Crippen molar-refractivity contribution in [2.45, 2.75) is 63.6 Å². The summed E-state index contributed by atoms with van der Waals surface area (Å²) in [5.74, 6) is 1.46. The van der Waals surface area contributed by atoms with Crippen molar-refractivity contribution in [2.75, 3.05) is 32.7 Å². The fraction of sp³-hybridized carbons (Fsp3) is 0.485. The zero-order valence-corrected chi connectivity index (χ0v) is 23.9. The van der Waals surface area contributed by atoms with Gasteiger partial charge in [-0.1, -0.05) is 12.5 Å². The number of carbonyl (C=O) groups excluding carboxylic acids is 1. The summed E-state index contributed by atoms with van der Waals surface area (Å²) in [6, 6.07) is 12.7. The van der Waals surface area contributed by atoms with Crippen LogP contribution in [-0.2, 0) is 6.61 Å². The molecular formula is C33H39FN4O4. The molecule has 222 valence electrons. The molecule has 2 aromatic carbocycles. The highest BCUT2D eigenvalue weighted by molar-refractivity contribution is 5.88. The van der Waals surface area contributed by atoms with Crippen LogP contribution in [0.2, 0.25) is 0 Å². The Morgan fingerprint density at radius 2 is 1.88 bits per heavy atom. The van der Waals surface area contributed by atoms with Crippen LogP contribution in [0.1, 0.15) is 50.5 Å². The third-order valence-corrected chi connectivity index (χ3v) is 9.43. The van der Waals surface area contributed by atoms with Crippen LogP contribution in [0.4, 0.5) is 9.18 Å². The quantitative estimate of drug-likeness (QED) is 0.264. The van der Waals surface area contributed by atoms with Crippen LogP contribution in [0.15, 0.2) is 53.1 Å². The molecule has 42 heavy (non-hydrogen) atoms. The average molecular weight is 575 g/mol. The number of H-pyrrole nitrogens is 1. The first-order valence-corrected chi connectivity index (χ1v) is 15.4. The maximum Gasteiger partial charge on any atom is 0.414 e. The molecule has 4 aromatic rings. The van der Waals surface area contributed by atoms with E-state index in [-0.39, 0.29) is 18.5 Å². The lowest BCUT2D eigenvalue weighted by atomic mass is 9.83. The van der Waals surface area contributed by atoms with Crippen molar-refractivity contribution in [1.29, 1.82) is 0 Å². The van der Waals surface area contributed by atoms with E-state index in [2.05, 4.69) is 20.1 Å². The highest BCUT2D eigenvalue weighted by atomic mass is 19.1. The number of aromatic amines is 1. The van der Waals surface area contributed by atoms with Crippen LogP contribution in [0, 0.1) is 11.7 Å². The zero-order chi connectivity index (χ0) is 28.5. The molecule has 0 bridgehead atoms. The fourth-order valence-corrected chi connectivity index (χ4v) is 7.28. The second-order valence-electron chi connectivity index (χ2n) is 12.2. The predicted octanol–water partition coefficient (Wildman–Crippen LogP) is 6.45. The summed E-state index contributed by atoms with van der Waals surface area (Å²) >= 11 is 0. The van der Waals surface area contributed by atoms with E-state index in [4.69, 9.17) is 13.9 Å². The van der Waals surface area contributed by atoms with Gasteiger partial charge >= 0.3 is 6.09 Å². The normalized spacial score (nSPS) is 22.3. The number of benzene rings is 2. The number of nitrogens with one attached hydrogen (secondary N) is 2. The fourth-order valence-electron chi connectivity index (χ4n) is 7.28. The Balaban J connectivity index is 0.915. The van der Waals surface area contributed by atoms with Gasteiger partial charge in [0.1, 0.15) is 23.8 Å². The minimum absolute atomic E-state index is 0.115. The van der Waals surface area contributed by atoms with Gasteiger partial charge in [0.15, 0.2) is 0 Å². The number of hydrogen-bond acceptors (Lipinski definition) is 6. The molecule has 0 aliphatic carbocycles. The summed E-state index contributed by atoms with van der Waals surface area (Å²) in [4.78, 5) is 21.3. The van der Waals surface area contributed by atoms with Crippen LogP contribution in [0.3, 0.4) is 0 Å². The second-order valence-corrected chi connectivity index (χ2v) is 12.2. The monoisotopic (exact) mass is 574 g/mol. The number of rotatable bonds is 7. The van der Waals surface area contributed by atoms with Gasteiger partial charge in [-0.2, -0.15) is 0 Å². The highest BCUT2D eigenvalue weighted by Crippen LogP contribution is 2.33. The molecule has 0 radical (unpaired) electrons. The number of ether oxygens (including phenoxy) is 2. The van der Waals surface area contributed by atoms with Crippen LogP contribution in [0.25, 0.3) is 21.9 Å². The number of piperidine rings is 3. The predicted molar refractivity (Wildman–Crippen MR) is 159 cm³/mol. The molecule has 8 nitrogen and oxygen atoms in total. The van der Waals surface area contributed by atoms with Crippen molar-refractivity contribution >= 4 is 28.0 Å². The van der Waals surface area contributed by atoms with E-state index in [1.54, 1.807) is 18.4 Å². The van der Waals surface area contributed by atoms with Gasteiger partial charge in [0.2, 0.25) is 5.88 Å². The molecule has 7 rings (SSSR count). The van der Waals surface area contributed by atoms with Gasteiger partial charge in [0.25, 0.3) is 0 Å². The van der Waals surface area contributed by atoms with Gasteiger partial charge in [-0.25, -0.2) is 9.18 Å². The van der Waals surface area contributed by atoms with E-state index < -0.39 is 6.09 Å². The van der Waals surface area contributed by atoms with Crippen LogP contribution in [-0.4, -0.2) is 65.7 Å². The second kappa shape index (κ2) is 12.0. The Labute approximate surface area is 245 Å². The van der Waals surface area contributed by atoms with Crippen LogP contribution < -0.4 is 14.8 Å². The Morgan fingerprint density at radius 1 is 1.00 bits per heavy atom. The molecular weight excluding hydrogens is 535 g/mol. The van der Waals surface area contributed by atoms with Gasteiger partial charge in [-0.15, -0.1) is 0 Å². The van der Waals surface area contributed by atoms with Gasteiger partial charge in [0.05, 0.1) is 11.8 Å². The summed E-state index contributed by atoms with van der Waals surface area (Å²) in [7, 11) is 0. The summed E-state index contributed by atoms with van der Waals surface area (Å²) < 4.78 is 31.0. The zero-order valence-electron chi connectivity index (χ0n) is 23.9. The number of hydrogen-bond donors (Lipinski definition) is 2. The molecule has 2 N–H and O–H groups in total. The number of fused-ring (bicyclic) bond motifs is 3. The molecule has 0 unspecified atom stereocenters. The van der Waals surface area contributed by atoms with Gasteiger partial charge in [0, 0.05) is 54.1 Å². The summed E-state index contributed by atoms with van der Waals surface area (Å²) in [5, 5.41) is 4.56. The molecule has 3 fully saturated rings. The van der Waals surface area contributed by atoms with E-state index in [9.17, 15) is 9.18 Å². The minimum Gasteiger partial charge on any atom is -0.488 e. The first-order valence-electron chi connectivity index (χ1n) is 15.4. The highest BCUT2D eigenvalue weighted by Gasteiger charge is 2.34. The lowest BCUT2D eigenvalue weighted by molar-refractivity contribution is 0.0353.